The molecule has 136 valence electrons. The minimum Gasteiger partial charge on any atom is -0.348 e. The van der Waals surface area contributed by atoms with Crippen molar-refractivity contribution in [3.8, 4) is 11.1 Å². The second kappa shape index (κ2) is 7.75. The minimum absolute atomic E-state index is 0.0218. The second-order valence-electron chi connectivity index (χ2n) is 7.29. The van der Waals surface area contributed by atoms with Gasteiger partial charge < -0.3 is 5.32 Å². The molecule has 1 heterocycles. The fourth-order valence-corrected chi connectivity index (χ4v) is 3.31. The molecule has 0 saturated heterocycles. The van der Waals surface area contributed by atoms with Crippen LogP contribution < -0.4 is 5.32 Å². The Kier molecular flexibility index (Phi) is 5.01. The zero-order chi connectivity index (χ0) is 18.6. The molecule has 3 aromatic rings. The molecule has 0 bridgehead atoms. The number of benzene rings is 2. The molecule has 0 aliphatic heterocycles. The van der Waals surface area contributed by atoms with E-state index in [9.17, 15) is 4.79 Å². The van der Waals surface area contributed by atoms with E-state index in [0.717, 1.165) is 22.5 Å². The molecule has 0 spiro atoms. The van der Waals surface area contributed by atoms with Crippen LogP contribution in [0.3, 0.4) is 0 Å². The van der Waals surface area contributed by atoms with Gasteiger partial charge in [-0.1, -0.05) is 60.7 Å². The summed E-state index contributed by atoms with van der Waals surface area (Å²) >= 11 is 0. The summed E-state index contributed by atoms with van der Waals surface area (Å²) < 4.78 is 0. The first-order chi connectivity index (χ1) is 13.2. The average molecular weight is 356 g/mol. The van der Waals surface area contributed by atoms with E-state index >= 15 is 0 Å². The maximum Gasteiger partial charge on any atom is 0.224 e. The summed E-state index contributed by atoms with van der Waals surface area (Å²) in [6.07, 6.45) is 2.84. The van der Waals surface area contributed by atoms with Gasteiger partial charge in [-0.25, -0.2) is 0 Å². The number of nitrogens with zero attached hydrogens (tertiary/aromatic N) is 1. The number of hydrogen-bond acceptors (Lipinski definition) is 2. The highest BCUT2D eigenvalue weighted by Crippen LogP contribution is 2.39. The highest BCUT2D eigenvalue weighted by atomic mass is 16.1. The van der Waals surface area contributed by atoms with Gasteiger partial charge in [0.1, 0.15) is 0 Å². The maximum absolute atomic E-state index is 12.4. The van der Waals surface area contributed by atoms with Crippen molar-refractivity contribution in [1.82, 2.24) is 10.3 Å². The molecule has 2 aromatic carbocycles. The summed E-state index contributed by atoms with van der Waals surface area (Å²) in [4.78, 5) is 17.2. The maximum atomic E-state index is 12.4. The van der Waals surface area contributed by atoms with E-state index in [1.54, 1.807) is 0 Å². The Hall–Kier alpha value is -2.94. The number of nitrogens with one attached hydrogen (secondary N) is 1. The molecule has 0 radical (unpaired) electrons. The lowest BCUT2D eigenvalue weighted by Gasteiger charge is -2.14. The van der Waals surface area contributed by atoms with Crippen molar-refractivity contribution >= 4 is 5.91 Å². The van der Waals surface area contributed by atoms with E-state index in [0.29, 0.717) is 12.3 Å². The van der Waals surface area contributed by atoms with Crippen LogP contribution in [0.15, 0.2) is 72.8 Å². The molecular weight excluding hydrogens is 332 g/mol. The van der Waals surface area contributed by atoms with Crippen LogP contribution in [0.1, 0.15) is 48.7 Å². The van der Waals surface area contributed by atoms with Gasteiger partial charge in [-0.3, -0.25) is 9.78 Å². The van der Waals surface area contributed by atoms with Crippen LogP contribution in [0.5, 0.6) is 0 Å². The van der Waals surface area contributed by atoms with Gasteiger partial charge in [0, 0.05) is 11.6 Å². The van der Waals surface area contributed by atoms with Gasteiger partial charge in [0.05, 0.1) is 18.2 Å². The van der Waals surface area contributed by atoms with Gasteiger partial charge in [0.25, 0.3) is 0 Å². The molecule has 1 amide bonds. The van der Waals surface area contributed by atoms with Crippen LogP contribution in [-0.4, -0.2) is 10.9 Å². The molecule has 1 aliphatic rings. The summed E-state index contributed by atoms with van der Waals surface area (Å²) in [5, 5.41) is 3.08. The van der Waals surface area contributed by atoms with Crippen molar-refractivity contribution in [3.05, 3.63) is 89.7 Å². The highest BCUT2D eigenvalue weighted by Gasteiger charge is 2.25. The predicted molar refractivity (Wildman–Crippen MR) is 108 cm³/mol. The number of carbonyl (C=O) groups excluding carboxylic acids is 1. The number of rotatable bonds is 6. The number of hydrogen-bond donors (Lipinski definition) is 1. The third-order valence-corrected chi connectivity index (χ3v) is 5.03. The standard InChI is InChI=1S/C24H24N2O/c1-17(22-8-5-9-23(26-22)21-14-15-21)25-24(27)16-18-10-12-20(13-11-18)19-6-3-2-4-7-19/h2-13,17,21H,14-16H2,1H3,(H,25,27)/t17-/m1/s1. The molecule has 1 atom stereocenters. The lowest BCUT2D eigenvalue weighted by atomic mass is 10.0. The van der Waals surface area contributed by atoms with E-state index in [1.165, 1.54) is 18.4 Å². The van der Waals surface area contributed by atoms with Gasteiger partial charge in [-0.2, -0.15) is 0 Å². The van der Waals surface area contributed by atoms with Crippen molar-refractivity contribution < 1.29 is 4.79 Å². The Labute approximate surface area is 160 Å². The first-order valence-corrected chi connectivity index (χ1v) is 9.59. The third-order valence-electron chi connectivity index (χ3n) is 5.03. The van der Waals surface area contributed by atoms with Gasteiger partial charge >= 0.3 is 0 Å². The van der Waals surface area contributed by atoms with Gasteiger partial charge in [-0.05, 0) is 48.6 Å². The molecule has 0 unspecified atom stereocenters. The molecule has 1 aromatic heterocycles. The quantitative estimate of drug-likeness (QED) is 0.672. The Morgan fingerprint density at radius 2 is 1.67 bits per heavy atom. The molecule has 3 heteroatoms. The largest absolute Gasteiger partial charge is 0.348 e. The summed E-state index contributed by atoms with van der Waals surface area (Å²) in [5.41, 5.74) is 5.45. The summed E-state index contributed by atoms with van der Waals surface area (Å²) in [6.45, 7) is 2.00. The lowest BCUT2D eigenvalue weighted by Crippen LogP contribution is -2.28. The van der Waals surface area contributed by atoms with E-state index < -0.39 is 0 Å². The van der Waals surface area contributed by atoms with Crippen LogP contribution in [0.4, 0.5) is 0 Å². The number of pyridine rings is 1. The fourth-order valence-electron chi connectivity index (χ4n) is 3.31. The SMILES string of the molecule is C[C@@H](NC(=O)Cc1ccc(-c2ccccc2)cc1)c1cccc(C2CC2)n1. The van der Waals surface area contributed by atoms with Gasteiger partial charge in [0.15, 0.2) is 0 Å². The summed E-state index contributed by atoms with van der Waals surface area (Å²) in [5.74, 6) is 0.643. The summed E-state index contributed by atoms with van der Waals surface area (Å²) in [7, 11) is 0. The minimum atomic E-state index is -0.0835. The van der Waals surface area contributed by atoms with Crippen molar-refractivity contribution in [1.29, 1.82) is 0 Å². The Bertz CT molecular complexity index is 915. The van der Waals surface area contributed by atoms with Crippen molar-refractivity contribution in [2.24, 2.45) is 0 Å². The van der Waals surface area contributed by atoms with Gasteiger partial charge in [-0.15, -0.1) is 0 Å². The molecule has 1 saturated carbocycles. The van der Waals surface area contributed by atoms with E-state index in [2.05, 4.69) is 35.6 Å². The molecule has 27 heavy (non-hydrogen) atoms. The zero-order valence-corrected chi connectivity index (χ0v) is 15.6. The normalized spacial score (nSPS) is 14.6. The Morgan fingerprint density at radius 3 is 2.37 bits per heavy atom. The van der Waals surface area contributed by atoms with Crippen LogP contribution in [-0.2, 0) is 11.2 Å². The van der Waals surface area contributed by atoms with E-state index in [-0.39, 0.29) is 11.9 Å². The zero-order valence-electron chi connectivity index (χ0n) is 15.6. The predicted octanol–water partition coefficient (Wildman–Crippen LogP) is 5.05. The van der Waals surface area contributed by atoms with Crippen molar-refractivity contribution in [3.63, 3.8) is 0 Å². The Morgan fingerprint density at radius 1 is 0.963 bits per heavy atom. The van der Waals surface area contributed by atoms with Crippen molar-refractivity contribution in [2.45, 2.75) is 38.1 Å². The third kappa shape index (κ3) is 4.43. The Balaban J connectivity index is 1.37. The first-order valence-electron chi connectivity index (χ1n) is 9.59. The van der Waals surface area contributed by atoms with Crippen LogP contribution >= 0.6 is 0 Å². The number of amides is 1. The van der Waals surface area contributed by atoms with Crippen molar-refractivity contribution in [2.75, 3.05) is 0 Å². The number of carbonyl (C=O) groups is 1. The first kappa shape index (κ1) is 17.5. The van der Waals surface area contributed by atoms with E-state index in [1.807, 2.05) is 49.4 Å². The number of aromatic nitrogens is 1. The highest BCUT2D eigenvalue weighted by molar-refractivity contribution is 5.79. The smallest absolute Gasteiger partial charge is 0.224 e. The molecule has 1 aliphatic carbocycles. The van der Waals surface area contributed by atoms with Gasteiger partial charge in [0.2, 0.25) is 5.91 Å². The summed E-state index contributed by atoms with van der Waals surface area (Å²) in [6, 6.07) is 24.5. The monoisotopic (exact) mass is 356 g/mol. The second-order valence-corrected chi connectivity index (χ2v) is 7.29. The average Bonchev–Trinajstić information content (AvgIpc) is 3.55. The van der Waals surface area contributed by atoms with E-state index in [4.69, 9.17) is 4.98 Å². The van der Waals surface area contributed by atoms with Crippen LogP contribution in [0.2, 0.25) is 0 Å². The van der Waals surface area contributed by atoms with Crippen LogP contribution in [0.25, 0.3) is 11.1 Å². The fraction of sp³-hybridized carbons (Fsp3) is 0.250. The topological polar surface area (TPSA) is 42.0 Å². The molecule has 4 rings (SSSR count). The lowest BCUT2D eigenvalue weighted by molar-refractivity contribution is -0.121. The molecular formula is C24H24N2O. The molecule has 1 fully saturated rings. The molecule has 3 nitrogen and oxygen atoms in total. The van der Waals surface area contributed by atoms with Crippen LogP contribution in [0, 0.1) is 0 Å². The molecule has 1 N–H and O–H groups in total.